The molecule has 116 valence electrons. The molecule has 3 fully saturated rings. The summed E-state index contributed by atoms with van der Waals surface area (Å²) in [6.45, 7) is 4.13. The topological polar surface area (TPSA) is 39.1 Å². The maximum absolute atomic E-state index is 6.19. The van der Waals surface area contributed by atoms with E-state index in [-0.39, 0.29) is 5.41 Å². The van der Waals surface area contributed by atoms with E-state index >= 15 is 0 Å². The summed E-state index contributed by atoms with van der Waals surface area (Å²) in [5, 5.41) is 8.32. The van der Waals surface area contributed by atoms with Crippen molar-refractivity contribution in [2.45, 2.75) is 57.6 Å². The third kappa shape index (κ3) is 2.76. The summed E-state index contributed by atoms with van der Waals surface area (Å²) in [4.78, 5) is 0. The average molecular weight is 289 g/mol. The van der Waals surface area contributed by atoms with Gasteiger partial charge >= 0.3 is 0 Å². The molecule has 0 amide bonds. The second-order valence-electron chi connectivity index (χ2n) is 7.47. The fraction of sp³-hybridized carbons (Fsp3) is 0.824. The van der Waals surface area contributed by atoms with Crippen LogP contribution in [0, 0.1) is 18.3 Å². The van der Waals surface area contributed by atoms with Crippen LogP contribution >= 0.6 is 0 Å². The lowest BCUT2D eigenvalue weighted by atomic mass is 9.75. The smallest absolute Gasteiger partial charge is 0.0676 e. The summed E-state index contributed by atoms with van der Waals surface area (Å²) in [6, 6.07) is 3.02. The SMILES string of the molecule is Cc1cc(CC2(CNC3CC3)CCOC2C2CC2)n(C)n1. The number of aryl methyl sites for hydroxylation is 2. The standard InChI is InChI=1S/C17H27N3O/c1-12-9-15(20(2)19-12)10-17(11-18-14-5-6-14)7-8-21-16(17)13-3-4-13/h9,13-14,16,18H,3-8,10-11H2,1-2H3. The zero-order valence-electron chi connectivity index (χ0n) is 13.3. The average Bonchev–Trinajstić information content (AvgIpc) is 3.36. The Kier molecular flexibility index (Phi) is 3.34. The number of hydrogen-bond donors (Lipinski definition) is 1. The molecule has 21 heavy (non-hydrogen) atoms. The molecule has 1 saturated heterocycles. The van der Waals surface area contributed by atoms with E-state index in [2.05, 4.69) is 35.1 Å². The van der Waals surface area contributed by atoms with Crippen molar-refractivity contribution < 1.29 is 4.74 Å². The summed E-state index contributed by atoms with van der Waals surface area (Å²) >= 11 is 0. The Morgan fingerprint density at radius 1 is 1.38 bits per heavy atom. The predicted molar refractivity (Wildman–Crippen MR) is 82.2 cm³/mol. The minimum Gasteiger partial charge on any atom is -0.377 e. The van der Waals surface area contributed by atoms with Gasteiger partial charge in [0.05, 0.1) is 11.8 Å². The summed E-state index contributed by atoms with van der Waals surface area (Å²) < 4.78 is 8.26. The lowest BCUT2D eigenvalue weighted by Gasteiger charge is -2.35. The van der Waals surface area contributed by atoms with Gasteiger partial charge in [0.1, 0.15) is 0 Å². The lowest BCUT2D eigenvalue weighted by Crippen LogP contribution is -2.44. The fourth-order valence-corrected chi connectivity index (χ4v) is 4.01. The van der Waals surface area contributed by atoms with Crippen LogP contribution in [0.15, 0.2) is 6.07 Å². The van der Waals surface area contributed by atoms with Crippen LogP contribution in [-0.2, 0) is 18.2 Å². The molecule has 0 radical (unpaired) electrons. The molecule has 1 N–H and O–H groups in total. The number of rotatable bonds is 6. The maximum atomic E-state index is 6.19. The molecule has 1 aromatic rings. The highest BCUT2D eigenvalue weighted by atomic mass is 16.5. The van der Waals surface area contributed by atoms with Gasteiger partial charge in [0.25, 0.3) is 0 Å². The number of ether oxygens (including phenoxy) is 1. The van der Waals surface area contributed by atoms with E-state index in [0.29, 0.717) is 6.10 Å². The first kappa shape index (κ1) is 13.8. The zero-order valence-corrected chi connectivity index (χ0v) is 13.3. The minimum absolute atomic E-state index is 0.282. The molecule has 4 rings (SSSR count). The van der Waals surface area contributed by atoms with E-state index in [1.165, 1.54) is 37.8 Å². The monoisotopic (exact) mass is 289 g/mol. The number of nitrogens with one attached hydrogen (secondary N) is 1. The highest BCUT2D eigenvalue weighted by Gasteiger charge is 2.51. The molecule has 2 aliphatic carbocycles. The molecule has 4 heteroatoms. The summed E-state index contributed by atoms with van der Waals surface area (Å²) in [7, 11) is 2.08. The van der Waals surface area contributed by atoms with E-state index in [9.17, 15) is 0 Å². The molecule has 1 aliphatic heterocycles. The fourth-order valence-electron chi connectivity index (χ4n) is 4.01. The first-order chi connectivity index (χ1) is 10.2. The van der Waals surface area contributed by atoms with Gasteiger partial charge in [0.2, 0.25) is 0 Å². The van der Waals surface area contributed by atoms with Crippen LogP contribution in [0.25, 0.3) is 0 Å². The summed E-state index contributed by atoms with van der Waals surface area (Å²) in [5.41, 5.74) is 2.77. The Labute approximate surface area is 127 Å². The van der Waals surface area contributed by atoms with Crippen molar-refractivity contribution in [2.75, 3.05) is 13.2 Å². The second-order valence-corrected chi connectivity index (χ2v) is 7.47. The highest BCUT2D eigenvalue weighted by molar-refractivity contribution is 5.14. The molecule has 1 aromatic heterocycles. The van der Waals surface area contributed by atoms with Crippen LogP contribution in [0.5, 0.6) is 0 Å². The number of nitrogens with zero attached hydrogens (tertiary/aromatic N) is 2. The van der Waals surface area contributed by atoms with Gasteiger partial charge in [-0.05, 0) is 57.4 Å². The molecule has 0 aromatic carbocycles. The minimum atomic E-state index is 0.282. The Bertz CT molecular complexity index is 518. The molecular weight excluding hydrogens is 262 g/mol. The zero-order chi connectivity index (χ0) is 14.4. The Hall–Kier alpha value is -0.870. The van der Waals surface area contributed by atoms with Crippen LogP contribution in [0.2, 0.25) is 0 Å². The molecule has 2 saturated carbocycles. The van der Waals surface area contributed by atoms with Crippen LogP contribution < -0.4 is 5.32 Å². The van der Waals surface area contributed by atoms with E-state index in [1.54, 1.807) is 0 Å². The maximum Gasteiger partial charge on any atom is 0.0676 e. The third-order valence-corrected chi connectivity index (χ3v) is 5.50. The Morgan fingerprint density at radius 3 is 2.81 bits per heavy atom. The first-order valence-corrected chi connectivity index (χ1v) is 8.51. The van der Waals surface area contributed by atoms with Crippen LogP contribution in [0.3, 0.4) is 0 Å². The van der Waals surface area contributed by atoms with Crippen LogP contribution in [0.1, 0.15) is 43.5 Å². The lowest BCUT2D eigenvalue weighted by molar-refractivity contribution is 0.0297. The molecule has 0 spiro atoms. The molecular formula is C17H27N3O. The van der Waals surface area contributed by atoms with Gasteiger partial charge in [-0.1, -0.05) is 0 Å². The van der Waals surface area contributed by atoms with E-state index in [4.69, 9.17) is 4.74 Å². The van der Waals surface area contributed by atoms with Crippen molar-refractivity contribution in [3.63, 3.8) is 0 Å². The van der Waals surface area contributed by atoms with Crippen molar-refractivity contribution >= 4 is 0 Å². The van der Waals surface area contributed by atoms with Gasteiger partial charge < -0.3 is 10.1 Å². The van der Waals surface area contributed by atoms with Crippen LogP contribution in [0.4, 0.5) is 0 Å². The van der Waals surface area contributed by atoms with Crippen molar-refractivity contribution in [1.29, 1.82) is 0 Å². The third-order valence-electron chi connectivity index (χ3n) is 5.50. The molecule has 2 heterocycles. The quantitative estimate of drug-likeness (QED) is 0.872. The van der Waals surface area contributed by atoms with Crippen molar-refractivity contribution in [2.24, 2.45) is 18.4 Å². The molecule has 0 bridgehead atoms. The van der Waals surface area contributed by atoms with Gasteiger partial charge in [-0.25, -0.2) is 0 Å². The highest BCUT2D eigenvalue weighted by Crippen LogP contribution is 2.49. The summed E-state index contributed by atoms with van der Waals surface area (Å²) in [6.07, 6.45) is 8.19. The van der Waals surface area contributed by atoms with Crippen molar-refractivity contribution in [3.8, 4) is 0 Å². The molecule has 2 unspecified atom stereocenters. The van der Waals surface area contributed by atoms with Gasteiger partial charge in [0.15, 0.2) is 0 Å². The first-order valence-electron chi connectivity index (χ1n) is 8.51. The largest absolute Gasteiger partial charge is 0.377 e. The van der Waals surface area contributed by atoms with Crippen LogP contribution in [-0.4, -0.2) is 35.1 Å². The second kappa shape index (κ2) is 5.10. The Balaban J connectivity index is 1.57. The number of aromatic nitrogens is 2. The van der Waals surface area contributed by atoms with Crippen molar-refractivity contribution in [3.05, 3.63) is 17.5 Å². The molecule has 4 nitrogen and oxygen atoms in total. The van der Waals surface area contributed by atoms with E-state index in [0.717, 1.165) is 37.2 Å². The Morgan fingerprint density at radius 2 is 2.19 bits per heavy atom. The normalized spacial score (nSPS) is 32.8. The molecule has 2 atom stereocenters. The van der Waals surface area contributed by atoms with Gasteiger partial charge in [-0.2, -0.15) is 5.10 Å². The van der Waals surface area contributed by atoms with E-state index in [1.807, 2.05) is 0 Å². The van der Waals surface area contributed by atoms with Gasteiger partial charge in [-0.15, -0.1) is 0 Å². The predicted octanol–water partition coefficient (Wildman–Crippen LogP) is 2.21. The summed E-state index contributed by atoms with van der Waals surface area (Å²) in [5.74, 6) is 0.808. The molecule has 3 aliphatic rings. The number of hydrogen-bond acceptors (Lipinski definition) is 3. The van der Waals surface area contributed by atoms with E-state index < -0.39 is 0 Å². The van der Waals surface area contributed by atoms with Gasteiger partial charge in [0, 0.05) is 37.4 Å². The van der Waals surface area contributed by atoms with Crippen molar-refractivity contribution in [1.82, 2.24) is 15.1 Å². The van der Waals surface area contributed by atoms with Gasteiger partial charge in [-0.3, -0.25) is 4.68 Å².